The van der Waals surface area contributed by atoms with Crippen molar-refractivity contribution in [3.8, 4) is 11.4 Å². The molecular weight excluding hydrogens is 364 g/mol. The Morgan fingerprint density at radius 3 is 2.50 bits per heavy atom. The van der Waals surface area contributed by atoms with Gasteiger partial charge in [0.15, 0.2) is 11.0 Å². The fourth-order valence-electron chi connectivity index (χ4n) is 3.92. The van der Waals surface area contributed by atoms with Gasteiger partial charge >= 0.3 is 0 Å². The number of pyridine rings is 1. The minimum atomic E-state index is 0.288. The minimum Gasteiger partial charge on any atom is -0.299 e. The van der Waals surface area contributed by atoms with E-state index in [9.17, 15) is 0 Å². The number of benzene rings is 1. The van der Waals surface area contributed by atoms with Crippen LogP contribution in [0.3, 0.4) is 0 Å². The fourth-order valence-corrected chi connectivity index (χ4v) is 5.14. The monoisotopic (exact) mass is 390 g/mol. The van der Waals surface area contributed by atoms with Crippen molar-refractivity contribution in [3.05, 3.63) is 73.1 Å². The fraction of sp³-hybridized carbons (Fsp3) is 0.348. The molecule has 0 aliphatic heterocycles. The summed E-state index contributed by atoms with van der Waals surface area (Å²) in [5.74, 6) is 0.960. The SMILES string of the molecule is C=CCC(Sc1nnc(-c2ccncc2)n1C1CCCCC1)c1ccccc1. The number of aromatic nitrogens is 4. The van der Waals surface area contributed by atoms with E-state index >= 15 is 0 Å². The summed E-state index contributed by atoms with van der Waals surface area (Å²) < 4.78 is 2.39. The summed E-state index contributed by atoms with van der Waals surface area (Å²) >= 11 is 1.80. The smallest absolute Gasteiger partial charge is 0.192 e. The molecule has 2 aromatic heterocycles. The first-order valence-corrected chi connectivity index (χ1v) is 10.9. The molecule has 0 N–H and O–H groups in total. The van der Waals surface area contributed by atoms with Crippen molar-refractivity contribution < 1.29 is 0 Å². The maximum Gasteiger partial charge on any atom is 0.192 e. The largest absolute Gasteiger partial charge is 0.299 e. The summed E-state index contributed by atoms with van der Waals surface area (Å²) in [4.78, 5) is 4.16. The molecule has 0 saturated heterocycles. The lowest BCUT2D eigenvalue weighted by Crippen LogP contribution is -2.15. The van der Waals surface area contributed by atoms with Crippen LogP contribution >= 0.6 is 11.8 Å². The molecule has 1 aliphatic rings. The summed E-state index contributed by atoms with van der Waals surface area (Å²) in [6.07, 6.45) is 12.8. The Morgan fingerprint density at radius 2 is 1.79 bits per heavy atom. The van der Waals surface area contributed by atoms with Gasteiger partial charge in [-0.15, -0.1) is 16.8 Å². The Kier molecular flexibility index (Phi) is 6.22. The molecule has 1 aromatic carbocycles. The van der Waals surface area contributed by atoms with Crippen LogP contribution in [0.4, 0.5) is 0 Å². The van der Waals surface area contributed by atoms with Crippen LogP contribution in [0, 0.1) is 0 Å². The van der Waals surface area contributed by atoms with Crippen LogP contribution in [0.25, 0.3) is 11.4 Å². The number of allylic oxidation sites excluding steroid dienone is 1. The van der Waals surface area contributed by atoms with E-state index in [0.717, 1.165) is 23.0 Å². The Morgan fingerprint density at radius 1 is 1.04 bits per heavy atom. The van der Waals surface area contributed by atoms with E-state index in [1.165, 1.54) is 37.7 Å². The molecule has 5 heteroatoms. The molecule has 0 amide bonds. The van der Waals surface area contributed by atoms with Crippen LogP contribution in [0.1, 0.15) is 55.4 Å². The molecule has 2 heterocycles. The number of hydrogen-bond donors (Lipinski definition) is 0. The number of hydrogen-bond acceptors (Lipinski definition) is 4. The molecule has 28 heavy (non-hydrogen) atoms. The highest BCUT2D eigenvalue weighted by molar-refractivity contribution is 7.99. The van der Waals surface area contributed by atoms with Gasteiger partial charge in [-0.05, 0) is 37.0 Å². The zero-order valence-electron chi connectivity index (χ0n) is 16.1. The van der Waals surface area contributed by atoms with Gasteiger partial charge in [-0.2, -0.15) is 0 Å². The van der Waals surface area contributed by atoms with Crippen molar-refractivity contribution in [3.63, 3.8) is 0 Å². The Hall–Kier alpha value is -2.40. The van der Waals surface area contributed by atoms with Crippen molar-refractivity contribution in [2.75, 3.05) is 0 Å². The van der Waals surface area contributed by atoms with Gasteiger partial charge in [-0.3, -0.25) is 9.55 Å². The molecule has 0 spiro atoms. The van der Waals surface area contributed by atoms with Crippen LogP contribution in [-0.2, 0) is 0 Å². The zero-order chi connectivity index (χ0) is 19.2. The molecule has 4 nitrogen and oxygen atoms in total. The molecule has 4 rings (SSSR count). The van der Waals surface area contributed by atoms with E-state index < -0.39 is 0 Å². The van der Waals surface area contributed by atoms with Crippen molar-refractivity contribution in [1.82, 2.24) is 19.7 Å². The number of thioether (sulfide) groups is 1. The lowest BCUT2D eigenvalue weighted by molar-refractivity contribution is 0.339. The highest BCUT2D eigenvalue weighted by Gasteiger charge is 2.25. The first kappa shape index (κ1) is 18.9. The molecule has 144 valence electrons. The highest BCUT2D eigenvalue weighted by Crippen LogP contribution is 2.41. The lowest BCUT2D eigenvalue weighted by Gasteiger charge is -2.26. The quantitative estimate of drug-likeness (QED) is 0.353. The molecule has 0 bridgehead atoms. The molecule has 1 aliphatic carbocycles. The summed E-state index contributed by atoms with van der Waals surface area (Å²) in [7, 11) is 0. The van der Waals surface area contributed by atoms with Gasteiger partial charge in [0, 0.05) is 29.2 Å². The van der Waals surface area contributed by atoms with Crippen molar-refractivity contribution in [2.24, 2.45) is 0 Å². The predicted octanol–water partition coefficient (Wildman–Crippen LogP) is 6.25. The average Bonchev–Trinajstić information content (AvgIpc) is 3.19. The van der Waals surface area contributed by atoms with Crippen LogP contribution in [-0.4, -0.2) is 19.7 Å². The summed E-state index contributed by atoms with van der Waals surface area (Å²) in [5.41, 5.74) is 2.39. The van der Waals surface area contributed by atoms with E-state index in [-0.39, 0.29) is 5.25 Å². The third-order valence-electron chi connectivity index (χ3n) is 5.34. The van der Waals surface area contributed by atoms with Crippen LogP contribution in [0.5, 0.6) is 0 Å². The van der Waals surface area contributed by atoms with Gasteiger partial charge < -0.3 is 0 Å². The number of rotatable bonds is 7. The van der Waals surface area contributed by atoms with Gasteiger partial charge in [0.25, 0.3) is 0 Å². The molecule has 1 unspecified atom stereocenters. The van der Waals surface area contributed by atoms with Gasteiger partial charge in [-0.25, -0.2) is 0 Å². The Bertz CT molecular complexity index is 885. The second-order valence-corrected chi connectivity index (χ2v) is 8.42. The third kappa shape index (κ3) is 4.20. The predicted molar refractivity (Wildman–Crippen MR) is 115 cm³/mol. The molecule has 1 atom stereocenters. The van der Waals surface area contributed by atoms with E-state index in [2.05, 4.69) is 56.7 Å². The van der Waals surface area contributed by atoms with Crippen molar-refractivity contribution >= 4 is 11.8 Å². The van der Waals surface area contributed by atoms with E-state index in [1.54, 1.807) is 11.8 Å². The van der Waals surface area contributed by atoms with Gasteiger partial charge in [0.05, 0.1) is 0 Å². The van der Waals surface area contributed by atoms with Gasteiger partial charge in [-0.1, -0.05) is 67.4 Å². The van der Waals surface area contributed by atoms with Crippen molar-refractivity contribution in [1.29, 1.82) is 0 Å². The second-order valence-electron chi connectivity index (χ2n) is 7.25. The zero-order valence-corrected chi connectivity index (χ0v) is 16.9. The maximum atomic E-state index is 4.64. The topological polar surface area (TPSA) is 43.6 Å². The second kappa shape index (κ2) is 9.20. The Balaban J connectivity index is 1.71. The standard InChI is InChI=1S/C23H26N4S/c1-2-9-21(18-10-5-3-6-11-18)28-23-26-25-22(19-14-16-24-17-15-19)27(23)20-12-7-4-8-13-20/h2-3,5-6,10-11,14-17,20-21H,1,4,7-9,12-13H2. The minimum absolute atomic E-state index is 0.288. The first-order valence-electron chi connectivity index (χ1n) is 10.0. The van der Waals surface area contributed by atoms with Crippen LogP contribution < -0.4 is 0 Å². The van der Waals surface area contributed by atoms with E-state index in [1.807, 2.05) is 30.6 Å². The molecule has 1 saturated carbocycles. The van der Waals surface area contributed by atoms with E-state index in [0.29, 0.717) is 6.04 Å². The lowest BCUT2D eigenvalue weighted by atomic mass is 9.95. The molecular formula is C23H26N4S. The van der Waals surface area contributed by atoms with Crippen molar-refractivity contribution in [2.45, 2.75) is 55.0 Å². The van der Waals surface area contributed by atoms with E-state index in [4.69, 9.17) is 0 Å². The number of nitrogens with zero attached hydrogens (tertiary/aromatic N) is 4. The third-order valence-corrected chi connectivity index (χ3v) is 6.58. The summed E-state index contributed by atoms with van der Waals surface area (Å²) in [6.45, 7) is 3.97. The first-order chi connectivity index (χ1) is 13.9. The summed E-state index contributed by atoms with van der Waals surface area (Å²) in [6, 6.07) is 15.1. The summed E-state index contributed by atoms with van der Waals surface area (Å²) in [5, 5.41) is 10.5. The van der Waals surface area contributed by atoms with Crippen LogP contribution in [0.15, 0.2) is 72.7 Å². The molecule has 1 fully saturated rings. The molecule has 3 aromatic rings. The van der Waals surface area contributed by atoms with Gasteiger partial charge in [0.2, 0.25) is 0 Å². The maximum absolute atomic E-state index is 4.64. The molecule has 0 radical (unpaired) electrons. The normalized spacial score (nSPS) is 16.0. The van der Waals surface area contributed by atoms with Gasteiger partial charge in [0.1, 0.15) is 0 Å². The highest BCUT2D eigenvalue weighted by atomic mass is 32.2. The van der Waals surface area contributed by atoms with Crippen LogP contribution in [0.2, 0.25) is 0 Å². The average molecular weight is 391 g/mol. The Labute approximate surface area is 171 Å².